The summed E-state index contributed by atoms with van der Waals surface area (Å²) < 4.78 is 12.2. The van der Waals surface area contributed by atoms with E-state index in [1.807, 2.05) is 38.1 Å². The molecule has 7 heteroatoms. The highest BCUT2D eigenvalue weighted by atomic mass is 79.9. The molecule has 0 bridgehead atoms. The third-order valence-corrected chi connectivity index (χ3v) is 5.22. The van der Waals surface area contributed by atoms with Crippen molar-refractivity contribution in [3.05, 3.63) is 52.5 Å². The van der Waals surface area contributed by atoms with Crippen LogP contribution in [0.4, 0.5) is 5.69 Å². The molecule has 0 aromatic heterocycles. The zero-order valence-corrected chi connectivity index (χ0v) is 20.8. The van der Waals surface area contributed by atoms with Gasteiger partial charge in [-0.3, -0.25) is 10.1 Å². The van der Waals surface area contributed by atoms with Crippen molar-refractivity contribution in [1.29, 1.82) is 0 Å². The van der Waals surface area contributed by atoms with Gasteiger partial charge >= 0.3 is 0 Å². The highest BCUT2D eigenvalue weighted by molar-refractivity contribution is 9.10. The molecule has 2 aromatic rings. The van der Waals surface area contributed by atoms with Crippen molar-refractivity contribution in [2.75, 3.05) is 11.9 Å². The molecule has 0 aliphatic rings. The fourth-order valence-electron chi connectivity index (χ4n) is 2.89. The Morgan fingerprint density at radius 2 is 1.87 bits per heavy atom. The molecule has 0 radical (unpaired) electrons. The average Bonchev–Trinajstić information content (AvgIpc) is 2.72. The molecule has 31 heavy (non-hydrogen) atoms. The van der Waals surface area contributed by atoms with Crippen LogP contribution in [0.25, 0.3) is 0 Å². The molecule has 0 aliphatic heterocycles. The monoisotopic (exact) mass is 506 g/mol. The van der Waals surface area contributed by atoms with Crippen LogP contribution in [0.2, 0.25) is 0 Å². The van der Waals surface area contributed by atoms with Crippen molar-refractivity contribution in [3.63, 3.8) is 0 Å². The van der Waals surface area contributed by atoms with Crippen molar-refractivity contribution in [3.8, 4) is 11.5 Å². The summed E-state index contributed by atoms with van der Waals surface area (Å²) >= 11 is 8.74. The minimum absolute atomic E-state index is 0.0496. The summed E-state index contributed by atoms with van der Waals surface area (Å²) in [6, 6.07) is 12.7. The maximum atomic E-state index is 12.5. The number of hydrogen-bond acceptors (Lipinski definition) is 4. The molecular formula is C24H31BrN2O3S. The van der Waals surface area contributed by atoms with Crippen LogP contribution in [-0.4, -0.2) is 23.7 Å². The second-order valence-electron chi connectivity index (χ2n) is 7.51. The number of rotatable bonds is 11. The lowest BCUT2D eigenvalue weighted by Gasteiger charge is -2.13. The number of carbonyl (C=O) groups excluding carboxylic acids is 1. The van der Waals surface area contributed by atoms with E-state index in [-0.39, 0.29) is 17.1 Å². The Kier molecular flexibility index (Phi) is 10.8. The molecule has 0 heterocycles. The van der Waals surface area contributed by atoms with E-state index in [1.165, 1.54) is 25.7 Å². The zero-order valence-electron chi connectivity index (χ0n) is 18.4. The second-order valence-corrected chi connectivity index (χ2v) is 8.77. The normalized spacial score (nSPS) is 10.6. The molecule has 0 saturated carbocycles. The van der Waals surface area contributed by atoms with Crippen LogP contribution in [0.5, 0.6) is 11.5 Å². The smallest absolute Gasteiger partial charge is 0.257 e. The maximum Gasteiger partial charge on any atom is 0.257 e. The Morgan fingerprint density at radius 1 is 1.10 bits per heavy atom. The Labute approximate surface area is 199 Å². The van der Waals surface area contributed by atoms with Crippen LogP contribution in [0.3, 0.4) is 0 Å². The molecule has 0 atom stereocenters. The first-order valence-electron chi connectivity index (χ1n) is 10.7. The van der Waals surface area contributed by atoms with E-state index < -0.39 is 0 Å². The first-order valence-corrected chi connectivity index (χ1v) is 11.9. The van der Waals surface area contributed by atoms with Gasteiger partial charge in [0.2, 0.25) is 0 Å². The summed E-state index contributed by atoms with van der Waals surface area (Å²) in [5.74, 6) is 1.17. The van der Waals surface area contributed by atoms with E-state index in [4.69, 9.17) is 21.7 Å². The fourth-order valence-corrected chi connectivity index (χ4v) is 3.57. The van der Waals surface area contributed by atoms with Crippen molar-refractivity contribution >= 4 is 44.9 Å². The van der Waals surface area contributed by atoms with Crippen LogP contribution < -0.4 is 20.1 Å². The summed E-state index contributed by atoms with van der Waals surface area (Å²) in [7, 11) is 0. The highest BCUT2D eigenvalue weighted by Crippen LogP contribution is 2.27. The Balaban J connectivity index is 1.85. The third-order valence-electron chi connectivity index (χ3n) is 4.39. The molecule has 5 nitrogen and oxygen atoms in total. The predicted octanol–water partition coefficient (Wildman–Crippen LogP) is 6.71. The molecular weight excluding hydrogens is 476 g/mol. The van der Waals surface area contributed by atoms with Gasteiger partial charge in [-0.1, -0.05) is 38.7 Å². The lowest BCUT2D eigenvalue weighted by molar-refractivity contribution is 0.0977. The molecule has 2 rings (SSSR count). The van der Waals surface area contributed by atoms with Crippen LogP contribution in [-0.2, 0) is 0 Å². The Hall–Kier alpha value is -2.12. The quantitative estimate of drug-likeness (QED) is 0.262. The van der Waals surface area contributed by atoms with Gasteiger partial charge < -0.3 is 14.8 Å². The first kappa shape index (κ1) is 25.1. The van der Waals surface area contributed by atoms with Gasteiger partial charge in [0.1, 0.15) is 11.5 Å². The van der Waals surface area contributed by atoms with Crippen molar-refractivity contribution in [2.45, 2.75) is 59.0 Å². The minimum Gasteiger partial charge on any atom is -0.494 e. The summed E-state index contributed by atoms with van der Waals surface area (Å²) in [6.07, 6.45) is 6.04. The number of ether oxygens (including phenoxy) is 2. The predicted molar refractivity (Wildman–Crippen MR) is 134 cm³/mol. The highest BCUT2D eigenvalue weighted by Gasteiger charge is 2.12. The lowest BCUT2D eigenvalue weighted by atomic mass is 10.2. The molecule has 0 fully saturated rings. The molecule has 168 valence electrons. The number of halogens is 1. The van der Waals surface area contributed by atoms with Crippen molar-refractivity contribution < 1.29 is 14.3 Å². The van der Waals surface area contributed by atoms with Gasteiger partial charge in [0.25, 0.3) is 5.91 Å². The summed E-state index contributed by atoms with van der Waals surface area (Å²) in [4.78, 5) is 12.5. The van der Waals surface area contributed by atoms with Gasteiger partial charge in [-0.25, -0.2) is 0 Å². The van der Waals surface area contributed by atoms with E-state index >= 15 is 0 Å². The molecule has 2 aromatic carbocycles. The number of amides is 1. The molecule has 0 spiro atoms. The number of hydrogen-bond donors (Lipinski definition) is 2. The number of unbranched alkanes of at least 4 members (excludes halogenated alkanes) is 4. The van der Waals surface area contributed by atoms with Gasteiger partial charge in [-0.05, 0) is 78.7 Å². The van der Waals surface area contributed by atoms with Crippen LogP contribution in [0.15, 0.2) is 46.9 Å². The van der Waals surface area contributed by atoms with Gasteiger partial charge in [0.15, 0.2) is 5.11 Å². The number of thiocarbonyl (C=S) groups is 1. The van der Waals surface area contributed by atoms with E-state index in [0.29, 0.717) is 22.4 Å². The number of nitrogens with one attached hydrogen (secondary N) is 2. The van der Waals surface area contributed by atoms with Gasteiger partial charge in [0.05, 0.1) is 17.2 Å². The fraction of sp³-hybridized carbons (Fsp3) is 0.417. The molecule has 0 unspecified atom stereocenters. The van der Waals surface area contributed by atoms with Gasteiger partial charge in [0, 0.05) is 17.3 Å². The van der Waals surface area contributed by atoms with Crippen LogP contribution in [0, 0.1) is 0 Å². The second kappa shape index (κ2) is 13.3. The summed E-state index contributed by atoms with van der Waals surface area (Å²) in [5.41, 5.74) is 1.24. The molecule has 0 saturated heterocycles. The maximum absolute atomic E-state index is 12.5. The topological polar surface area (TPSA) is 59.6 Å². The van der Waals surface area contributed by atoms with Gasteiger partial charge in [-0.15, -0.1) is 0 Å². The van der Waals surface area contributed by atoms with E-state index in [1.54, 1.807) is 18.2 Å². The van der Waals surface area contributed by atoms with E-state index in [0.717, 1.165) is 17.9 Å². The van der Waals surface area contributed by atoms with Crippen LogP contribution in [0.1, 0.15) is 63.2 Å². The number of anilines is 1. The number of benzene rings is 2. The summed E-state index contributed by atoms with van der Waals surface area (Å²) in [6.45, 7) is 6.80. The average molecular weight is 507 g/mol. The van der Waals surface area contributed by atoms with Crippen molar-refractivity contribution in [2.24, 2.45) is 0 Å². The minimum atomic E-state index is -0.297. The third kappa shape index (κ3) is 9.27. The van der Waals surface area contributed by atoms with Crippen LogP contribution >= 0.6 is 28.1 Å². The SMILES string of the molecule is CCCCCCCOc1cccc(NC(=S)NC(=O)c2ccc(OC(C)C)c(Br)c2)c1. The Bertz CT molecular complexity index is 874. The van der Waals surface area contributed by atoms with Crippen molar-refractivity contribution in [1.82, 2.24) is 5.32 Å². The Morgan fingerprint density at radius 3 is 2.58 bits per heavy atom. The molecule has 2 N–H and O–H groups in total. The largest absolute Gasteiger partial charge is 0.494 e. The zero-order chi connectivity index (χ0) is 22.6. The molecule has 0 aliphatic carbocycles. The van der Waals surface area contributed by atoms with E-state index in [2.05, 4.69) is 33.5 Å². The lowest BCUT2D eigenvalue weighted by Crippen LogP contribution is -2.34. The first-order chi connectivity index (χ1) is 14.9. The molecule has 1 amide bonds. The number of carbonyl (C=O) groups is 1. The standard InChI is InChI=1S/C24H31BrN2O3S/c1-4-5-6-7-8-14-29-20-11-9-10-19(16-20)26-24(31)27-23(28)18-12-13-22(21(25)15-18)30-17(2)3/h9-13,15-17H,4-8,14H2,1-3H3,(H2,26,27,28,31). The van der Waals surface area contributed by atoms with E-state index in [9.17, 15) is 4.79 Å². The van der Waals surface area contributed by atoms with Gasteiger partial charge in [-0.2, -0.15) is 0 Å². The summed E-state index contributed by atoms with van der Waals surface area (Å²) in [5, 5.41) is 5.96.